The molecule has 0 unspecified atom stereocenters. The van der Waals surface area contributed by atoms with E-state index in [1.54, 1.807) is 11.5 Å². The van der Waals surface area contributed by atoms with Crippen molar-refractivity contribution in [3.63, 3.8) is 0 Å². The molecular weight excluding hydrogens is 424 g/mol. The van der Waals surface area contributed by atoms with E-state index in [4.69, 9.17) is 11.6 Å². The van der Waals surface area contributed by atoms with Crippen LogP contribution in [0.1, 0.15) is 11.1 Å². The second-order valence-electron chi connectivity index (χ2n) is 7.41. The van der Waals surface area contributed by atoms with Gasteiger partial charge in [0.05, 0.1) is 11.1 Å². The van der Waals surface area contributed by atoms with Crippen LogP contribution in [0.5, 0.6) is 0 Å². The average Bonchev–Trinajstić information content (AvgIpc) is 3.29. The van der Waals surface area contributed by atoms with Crippen molar-refractivity contribution >= 4 is 50.6 Å². The molecule has 0 bridgehead atoms. The Labute approximate surface area is 184 Å². The number of hydrogen-bond acceptors (Lipinski definition) is 5. The van der Waals surface area contributed by atoms with Crippen molar-refractivity contribution in [2.24, 2.45) is 0 Å². The van der Waals surface area contributed by atoms with Gasteiger partial charge in [0.25, 0.3) is 0 Å². The van der Waals surface area contributed by atoms with Crippen LogP contribution in [0.4, 0.5) is 11.5 Å². The maximum atomic E-state index is 11.6. The van der Waals surface area contributed by atoms with Gasteiger partial charge in [0.1, 0.15) is 5.82 Å². The van der Waals surface area contributed by atoms with Crippen LogP contribution in [-0.2, 0) is 17.6 Å². The monoisotopic (exact) mass is 448 g/mol. The topological polar surface area (TPSA) is 111 Å². The number of carbonyl (C=O) groups excluding carboxylic acids is 1. The molecule has 1 aromatic heterocycles. The predicted molar refractivity (Wildman–Crippen MR) is 123 cm³/mol. The second-order valence-corrected chi connectivity index (χ2v) is 8.62. The molecule has 1 saturated heterocycles. The van der Waals surface area contributed by atoms with Gasteiger partial charge in [-0.15, -0.1) is 0 Å². The molecule has 2 aromatic carbocycles. The van der Waals surface area contributed by atoms with Gasteiger partial charge in [0, 0.05) is 48.8 Å². The number of hydrogen-bond donors (Lipinski definition) is 1. The number of piperazine rings is 1. The highest BCUT2D eigenvalue weighted by Gasteiger charge is 2.22. The van der Waals surface area contributed by atoms with Crippen LogP contribution < -0.4 is 10.2 Å². The molecule has 1 amide bonds. The van der Waals surface area contributed by atoms with Gasteiger partial charge >= 0.3 is 0 Å². The number of nitrogens with one attached hydrogen (secondary N) is 1. The summed E-state index contributed by atoms with van der Waals surface area (Å²) >= 11 is 8.01. The fourth-order valence-electron chi connectivity index (χ4n) is 4.05. The quantitative estimate of drug-likeness (QED) is 0.659. The van der Waals surface area contributed by atoms with Crippen molar-refractivity contribution in [2.45, 2.75) is 12.8 Å². The third-order valence-corrected chi connectivity index (χ3v) is 6.79. The minimum absolute atomic E-state index is 0. The first kappa shape index (κ1) is 22.5. The van der Waals surface area contributed by atoms with Crippen molar-refractivity contribution in [3.05, 3.63) is 52.5 Å². The summed E-state index contributed by atoms with van der Waals surface area (Å²) in [5.74, 6) is 1.17. The standard InChI is InChI=1S/C21H21ClN4OS.2H2O/c22-17-13-18-15(12-20(27)23-18)11-14(17)5-6-25-7-9-26(10-8-25)21-16-3-1-2-4-19(16)28-24-21;;/h1-4,11,13H,5-10,12H2,(H,23,27);2*1H2. The lowest BCUT2D eigenvalue weighted by Crippen LogP contribution is -2.47. The lowest BCUT2D eigenvalue weighted by atomic mass is 10.1. The van der Waals surface area contributed by atoms with E-state index in [-0.39, 0.29) is 16.9 Å². The third-order valence-electron chi connectivity index (χ3n) is 5.62. The maximum absolute atomic E-state index is 11.6. The Morgan fingerprint density at radius 2 is 1.87 bits per heavy atom. The van der Waals surface area contributed by atoms with Crippen LogP contribution >= 0.6 is 23.1 Å². The highest BCUT2D eigenvalue weighted by Crippen LogP contribution is 2.31. The van der Waals surface area contributed by atoms with Gasteiger partial charge in [-0.2, -0.15) is 4.37 Å². The summed E-state index contributed by atoms with van der Waals surface area (Å²) in [7, 11) is 0. The number of benzene rings is 2. The van der Waals surface area contributed by atoms with E-state index < -0.39 is 0 Å². The fourth-order valence-corrected chi connectivity index (χ4v) is 5.11. The third kappa shape index (κ3) is 4.28. The Hall–Kier alpha value is -2.23. The molecule has 2 aliphatic heterocycles. The zero-order chi connectivity index (χ0) is 19.1. The summed E-state index contributed by atoms with van der Waals surface area (Å²) in [5.41, 5.74) is 3.05. The van der Waals surface area contributed by atoms with E-state index in [1.165, 1.54) is 10.1 Å². The van der Waals surface area contributed by atoms with Crippen molar-refractivity contribution in [1.82, 2.24) is 9.27 Å². The Bertz CT molecular complexity index is 1050. The number of rotatable bonds is 4. The zero-order valence-corrected chi connectivity index (χ0v) is 18.0. The first-order chi connectivity index (χ1) is 13.7. The molecule has 9 heteroatoms. The van der Waals surface area contributed by atoms with Crippen LogP contribution in [0.3, 0.4) is 0 Å². The Morgan fingerprint density at radius 3 is 2.67 bits per heavy atom. The molecule has 0 atom stereocenters. The van der Waals surface area contributed by atoms with Gasteiger partial charge in [-0.25, -0.2) is 0 Å². The lowest BCUT2D eigenvalue weighted by Gasteiger charge is -2.35. The van der Waals surface area contributed by atoms with Crippen molar-refractivity contribution in [2.75, 3.05) is 42.9 Å². The fraction of sp³-hybridized carbons (Fsp3) is 0.333. The second kappa shape index (κ2) is 9.28. The first-order valence-corrected chi connectivity index (χ1v) is 10.8. The van der Waals surface area contributed by atoms with Gasteiger partial charge in [-0.1, -0.05) is 29.8 Å². The molecule has 0 spiro atoms. The molecule has 3 heterocycles. The van der Waals surface area contributed by atoms with Crippen molar-refractivity contribution in [1.29, 1.82) is 0 Å². The summed E-state index contributed by atoms with van der Waals surface area (Å²) in [6.07, 6.45) is 1.36. The van der Waals surface area contributed by atoms with Crippen LogP contribution in [0, 0.1) is 0 Å². The summed E-state index contributed by atoms with van der Waals surface area (Å²) in [4.78, 5) is 16.4. The highest BCUT2D eigenvalue weighted by molar-refractivity contribution is 7.13. The van der Waals surface area contributed by atoms with Gasteiger partial charge in [0.15, 0.2) is 0 Å². The van der Waals surface area contributed by atoms with E-state index >= 15 is 0 Å². The van der Waals surface area contributed by atoms with E-state index in [1.807, 2.05) is 6.07 Å². The number of fused-ring (bicyclic) bond motifs is 2. The number of nitrogens with zero attached hydrogens (tertiary/aromatic N) is 3. The molecule has 7 nitrogen and oxygen atoms in total. The first-order valence-electron chi connectivity index (χ1n) is 9.60. The van der Waals surface area contributed by atoms with Crippen LogP contribution in [0.2, 0.25) is 5.02 Å². The van der Waals surface area contributed by atoms with Gasteiger partial charge in [0.2, 0.25) is 5.91 Å². The van der Waals surface area contributed by atoms with Crippen molar-refractivity contribution in [3.8, 4) is 0 Å². The average molecular weight is 449 g/mol. The summed E-state index contributed by atoms with van der Waals surface area (Å²) in [5, 5.41) is 4.86. The predicted octanol–water partition coefficient (Wildman–Crippen LogP) is 2.16. The minimum atomic E-state index is 0. The highest BCUT2D eigenvalue weighted by atomic mass is 35.5. The summed E-state index contributed by atoms with van der Waals surface area (Å²) in [6, 6.07) is 12.4. The molecule has 30 heavy (non-hydrogen) atoms. The minimum Gasteiger partial charge on any atom is -0.412 e. The number of anilines is 2. The molecule has 0 aliphatic carbocycles. The molecular formula is C21H25ClN4O3S. The van der Waals surface area contributed by atoms with Gasteiger partial charge < -0.3 is 21.2 Å². The van der Waals surface area contributed by atoms with E-state index in [9.17, 15) is 4.79 Å². The van der Waals surface area contributed by atoms with E-state index in [0.29, 0.717) is 6.42 Å². The molecule has 2 aliphatic rings. The number of carbonyl (C=O) groups is 1. The van der Waals surface area contributed by atoms with E-state index in [0.717, 1.165) is 66.8 Å². The molecule has 3 aromatic rings. The number of aromatic nitrogens is 1. The molecule has 0 saturated carbocycles. The number of halogens is 1. The van der Waals surface area contributed by atoms with Crippen LogP contribution in [0.15, 0.2) is 36.4 Å². The van der Waals surface area contributed by atoms with E-state index in [2.05, 4.69) is 49.8 Å². The molecule has 5 N–H and O–H groups in total. The molecule has 5 rings (SSSR count). The van der Waals surface area contributed by atoms with Gasteiger partial charge in [-0.3, -0.25) is 9.69 Å². The molecule has 1 fully saturated rings. The van der Waals surface area contributed by atoms with Crippen LogP contribution in [-0.4, -0.2) is 58.9 Å². The Kier molecular flexibility index (Phi) is 6.95. The zero-order valence-electron chi connectivity index (χ0n) is 16.4. The molecule has 160 valence electrons. The summed E-state index contributed by atoms with van der Waals surface area (Å²) in [6.45, 7) is 5.00. The lowest BCUT2D eigenvalue weighted by molar-refractivity contribution is -0.115. The Balaban J connectivity index is 0.00000128. The maximum Gasteiger partial charge on any atom is 0.228 e. The smallest absolute Gasteiger partial charge is 0.228 e. The molecule has 0 radical (unpaired) electrons. The van der Waals surface area contributed by atoms with Gasteiger partial charge in [-0.05, 0) is 47.3 Å². The summed E-state index contributed by atoms with van der Waals surface area (Å²) < 4.78 is 5.94. The number of amides is 1. The normalized spacial score (nSPS) is 16.0. The largest absolute Gasteiger partial charge is 0.412 e. The Morgan fingerprint density at radius 1 is 1.10 bits per heavy atom. The SMILES string of the molecule is O.O.O=C1Cc2cc(CCN3CCN(c4nsc5ccccc45)CC3)c(Cl)cc2N1. The van der Waals surface area contributed by atoms with Crippen molar-refractivity contribution < 1.29 is 15.7 Å². The van der Waals surface area contributed by atoms with Crippen LogP contribution in [0.25, 0.3) is 10.1 Å².